The Balaban J connectivity index is 1.66. The molecule has 1 aromatic heterocycles. The van der Waals surface area contributed by atoms with Gasteiger partial charge in [-0.3, -0.25) is 14.8 Å². The zero-order valence-electron chi connectivity index (χ0n) is 13.7. The summed E-state index contributed by atoms with van der Waals surface area (Å²) in [4.78, 5) is 14.5. The number of rotatable bonds is 4. The Morgan fingerprint density at radius 2 is 2.35 bits per heavy atom. The first-order valence-electron chi connectivity index (χ1n) is 7.76. The van der Waals surface area contributed by atoms with Crippen molar-refractivity contribution in [3.63, 3.8) is 0 Å². The van der Waals surface area contributed by atoms with E-state index in [0.717, 1.165) is 18.7 Å². The summed E-state index contributed by atoms with van der Waals surface area (Å²) in [5.41, 5.74) is 4.15. The number of nitrogens with one attached hydrogen (secondary N) is 2. The summed E-state index contributed by atoms with van der Waals surface area (Å²) in [7, 11) is 1.60. The molecule has 0 spiro atoms. The van der Waals surface area contributed by atoms with E-state index in [1.807, 2.05) is 31.3 Å². The second kappa shape index (κ2) is 6.42. The van der Waals surface area contributed by atoms with Crippen molar-refractivity contribution >= 4 is 11.6 Å². The Bertz CT molecular complexity index is 710. The molecule has 0 aliphatic carbocycles. The van der Waals surface area contributed by atoms with Crippen LogP contribution >= 0.6 is 0 Å². The Hall–Kier alpha value is -2.34. The Labute approximate surface area is 135 Å². The largest absolute Gasteiger partial charge is 0.495 e. The summed E-state index contributed by atoms with van der Waals surface area (Å²) >= 11 is 0. The van der Waals surface area contributed by atoms with Crippen molar-refractivity contribution in [3.8, 4) is 5.75 Å². The minimum Gasteiger partial charge on any atom is -0.495 e. The van der Waals surface area contributed by atoms with E-state index in [0.29, 0.717) is 23.9 Å². The van der Waals surface area contributed by atoms with Gasteiger partial charge in [0, 0.05) is 30.3 Å². The van der Waals surface area contributed by atoms with Gasteiger partial charge >= 0.3 is 0 Å². The number of carbonyl (C=O) groups is 1. The number of aryl methyl sites for hydroxylation is 1. The number of ether oxygens (including phenoxy) is 1. The van der Waals surface area contributed by atoms with Crippen molar-refractivity contribution in [2.45, 2.75) is 26.3 Å². The normalized spacial score (nSPS) is 17.6. The number of H-pyrrole nitrogens is 1. The second-order valence-electron chi connectivity index (χ2n) is 6.13. The number of aromatic amines is 1. The van der Waals surface area contributed by atoms with Crippen molar-refractivity contribution in [1.29, 1.82) is 0 Å². The molecule has 2 aromatic rings. The zero-order chi connectivity index (χ0) is 16.4. The number of benzene rings is 1. The van der Waals surface area contributed by atoms with E-state index in [1.54, 1.807) is 7.11 Å². The highest BCUT2D eigenvalue weighted by molar-refractivity contribution is 5.93. The van der Waals surface area contributed by atoms with Crippen molar-refractivity contribution in [1.82, 2.24) is 15.1 Å². The number of methoxy groups -OCH3 is 1. The van der Waals surface area contributed by atoms with Crippen LogP contribution in [-0.4, -0.2) is 41.2 Å². The lowest BCUT2D eigenvalue weighted by molar-refractivity contribution is -0.117. The summed E-state index contributed by atoms with van der Waals surface area (Å²) in [5, 5.41) is 10.1. The molecule has 23 heavy (non-hydrogen) atoms. The lowest BCUT2D eigenvalue weighted by atomic mass is 9.98. The third-order valence-electron chi connectivity index (χ3n) is 4.17. The molecule has 2 N–H and O–H groups in total. The molecule has 6 nitrogen and oxygen atoms in total. The maximum Gasteiger partial charge on any atom is 0.238 e. The molecule has 0 saturated carbocycles. The summed E-state index contributed by atoms with van der Waals surface area (Å²) < 4.78 is 5.30. The number of hydrogen-bond donors (Lipinski definition) is 2. The molecule has 1 amide bonds. The monoisotopic (exact) mass is 314 g/mol. The first-order chi connectivity index (χ1) is 11.1. The topological polar surface area (TPSA) is 70.2 Å². The average molecular weight is 314 g/mol. The van der Waals surface area contributed by atoms with Crippen molar-refractivity contribution in [2.75, 3.05) is 25.5 Å². The van der Waals surface area contributed by atoms with Crippen LogP contribution in [-0.2, 0) is 11.3 Å². The lowest BCUT2D eigenvalue weighted by Gasteiger charge is -2.29. The van der Waals surface area contributed by atoms with Gasteiger partial charge in [-0.1, -0.05) is 13.0 Å². The minimum atomic E-state index is -0.0342. The molecule has 1 unspecified atom stereocenters. The number of hydrogen-bond acceptors (Lipinski definition) is 4. The van der Waals surface area contributed by atoms with E-state index in [2.05, 4.69) is 27.3 Å². The van der Waals surface area contributed by atoms with Crippen LogP contribution < -0.4 is 10.1 Å². The molecular weight excluding hydrogens is 292 g/mol. The lowest BCUT2D eigenvalue weighted by Crippen LogP contribution is -2.38. The average Bonchev–Trinajstić information content (AvgIpc) is 2.96. The minimum absolute atomic E-state index is 0.0342. The van der Waals surface area contributed by atoms with Crippen LogP contribution in [0, 0.1) is 6.92 Å². The maximum absolute atomic E-state index is 12.4. The molecule has 1 atom stereocenters. The summed E-state index contributed by atoms with van der Waals surface area (Å²) in [6.07, 6.45) is 1.85. The molecule has 1 aromatic carbocycles. The number of fused-ring (bicyclic) bond motifs is 1. The SMILES string of the molecule is COc1ccc(C)cc1NC(=O)CN1Cc2cn[nH]c2C(C)C1. The number of anilines is 1. The van der Waals surface area contributed by atoms with Crippen molar-refractivity contribution in [3.05, 3.63) is 41.2 Å². The third kappa shape index (κ3) is 3.37. The van der Waals surface area contributed by atoms with E-state index in [1.165, 1.54) is 11.3 Å². The third-order valence-corrected chi connectivity index (χ3v) is 4.17. The predicted molar refractivity (Wildman–Crippen MR) is 88.6 cm³/mol. The van der Waals surface area contributed by atoms with E-state index in [4.69, 9.17) is 4.74 Å². The van der Waals surface area contributed by atoms with Crippen LogP contribution in [0.1, 0.15) is 29.7 Å². The van der Waals surface area contributed by atoms with Gasteiger partial charge in [0.2, 0.25) is 5.91 Å². The van der Waals surface area contributed by atoms with Gasteiger partial charge in [0.25, 0.3) is 0 Å². The molecular formula is C17H22N4O2. The van der Waals surface area contributed by atoms with Crippen LogP contribution in [0.4, 0.5) is 5.69 Å². The van der Waals surface area contributed by atoms with Crippen molar-refractivity contribution < 1.29 is 9.53 Å². The molecule has 0 radical (unpaired) electrons. The number of carbonyl (C=O) groups excluding carboxylic acids is 1. The highest BCUT2D eigenvalue weighted by Crippen LogP contribution is 2.27. The fourth-order valence-corrected chi connectivity index (χ4v) is 3.09. The molecule has 122 valence electrons. The van der Waals surface area contributed by atoms with Gasteiger partial charge in [0.1, 0.15) is 5.75 Å². The summed E-state index contributed by atoms with van der Waals surface area (Å²) in [6, 6.07) is 5.75. The highest BCUT2D eigenvalue weighted by atomic mass is 16.5. The Kier molecular flexibility index (Phi) is 4.34. The second-order valence-corrected chi connectivity index (χ2v) is 6.13. The number of nitrogens with zero attached hydrogens (tertiary/aromatic N) is 2. The van der Waals surface area contributed by atoms with Gasteiger partial charge in [-0.25, -0.2) is 0 Å². The standard InChI is InChI=1S/C17H22N4O2/c1-11-4-5-15(23-3)14(6-11)19-16(22)10-21-8-12(2)17-13(9-21)7-18-20-17/h4-7,12H,8-10H2,1-3H3,(H,18,20)(H,19,22). The molecule has 2 heterocycles. The van der Waals surface area contributed by atoms with E-state index < -0.39 is 0 Å². The van der Waals surface area contributed by atoms with Crippen molar-refractivity contribution in [2.24, 2.45) is 0 Å². The van der Waals surface area contributed by atoms with Gasteiger partial charge in [-0.15, -0.1) is 0 Å². The van der Waals surface area contributed by atoms with Gasteiger partial charge in [0.05, 0.1) is 25.5 Å². The van der Waals surface area contributed by atoms with Crippen LogP contribution in [0.5, 0.6) is 5.75 Å². The first-order valence-corrected chi connectivity index (χ1v) is 7.76. The molecule has 0 fully saturated rings. The van der Waals surface area contributed by atoms with Crippen LogP contribution in [0.25, 0.3) is 0 Å². The molecule has 1 aliphatic rings. The van der Waals surface area contributed by atoms with E-state index in [9.17, 15) is 4.79 Å². The quantitative estimate of drug-likeness (QED) is 0.908. The molecule has 3 rings (SSSR count). The fraction of sp³-hybridized carbons (Fsp3) is 0.412. The van der Waals surface area contributed by atoms with Gasteiger partial charge < -0.3 is 10.1 Å². The zero-order valence-corrected chi connectivity index (χ0v) is 13.7. The van der Waals surface area contributed by atoms with E-state index in [-0.39, 0.29) is 5.91 Å². The molecule has 1 aliphatic heterocycles. The number of aromatic nitrogens is 2. The Morgan fingerprint density at radius 3 is 3.13 bits per heavy atom. The van der Waals surface area contributed by atoms with Crippen LogP contribution in [0.15, 0.2) is 24.4 Å². The van der Waals surface area contributed by atoms with Crippen LogP contribution in [0.2, 0.25) is 0 Å². The number of amides is 1. The molecule has 0 bridgehead atoms. The predicted octanol–water partition coefficient (Wildman–Crippen LogP) is 2.28. The molecule has 0 saturated heterocycles. The van der Waals surface area contributed by atoms with E-state index >= 15 is 0 Å². The maximum atomic E-state index is 12.4. The summed E-state index contributed by atoms with van der Waals surface area (Å²) in [6.45, 7) is 6.07. The highest BCUT2D eigenvalue weighted by Gasteiger charge is 2.25. The van der Waals surface area contributed by atoms with Crippen LogP contribution in [0.3, 0.4) is 0 Å². The fourth-order valence-electron chi connectivity index (χ4n) is 3.09. The van der Waals surface area contributed by atoms with Gasteiger partial charge in [0.15, 0.2) is 0 Å². The summed E-state index contributed by atoms with van der Waals surface area (Å²) in [5.74, 6) is 0.990. The van der Waals surface area contributed by atoms with Gasteiger partial charge in [-0.05, 0) is 24.6 Å². The Morgan fingerprint density at radius 1 is 1.52 bits per heavy atom. The van der Waals surface area contributed by atoms with Gasteiger partial charge in [-0.2, -0.15) is 5.10 Å². The molecule has 6 heteroatoms. The smallest absolute Gasteiger partial charge is 0.238 e. The first kappa shape index (κ1) is 15.6.